The first kappa shape index (κ1) is 83.1. The summed E-state index contributed by atoms with van der Waals surface area (Å²) in [6.45, 7) is 9.44. The summed E-state index contributed by atoms with van der Waals surface area (Å²) < 4.78 is 67.9. The summed E-state index contributed by atoms with van der Waals surface area (Å²) in [5.41, 5.74) is 0. The van der Waals surface area contributed by atoms with Crippen molar-refractivity contribution in [3.8, 4) is 0 Å². The van der Waals surface area contributed by atoms with Crippen molar-refractivity contribution in [2.75, 3.05) is 39.6 Å². The van der Waals surface area contributed by atoms with Crippen LogP contribution in [-0.4, -0.2) is 96.7 Å². The van der Waals surface area contributed by atoms with E-state index in [0.29, 0.717) is 25.7 Å². The minimum atomic E-state index is -4.95. The van der Waals surface area contributed by atoms with Gasteiger partial charge in [-0.3, -0.25) is 37.3 Å². The highest BCUT2D eigenvalue weighted by molar-refractivity contribution is 7.47. The number of phosphoric acid groups is 2. The molecule has 0 fully saturated rings. The molecular formula is C66H128O17P2. The number of ether oxygens (including phenoxy) is 4. The molecule has 0 aromatic heterocycles. The number of hydrogen-bond acceptors (Lipinski definition) is 15. The van der Waals surface area contributed by atoms with Crippen LogP contribution in [0.25, 0.3) is 0 Å². The molecule has 0 aliphatic rings. The highest BCUT2D eigenvalue weighted by Crippen LogP contribution is 2.45. The van der Waals surface area contributed by atoms with E-state index in [1.54, 1.807) is 0 Å². The maximum absolute atomic E-state index is 13.0. The van der Waals surface area contributed by atoms with Crippen molar-refractivity contribution in [2.45, 2.75) is 349 Å². The van der Waals surface area contributed by atoms with Gasteiger partial charge in [0, 0.05) is 25.7 Å². The normalized spacial score (nSPS) is 14.2. The summed E-state index contributed by atoms with van der Waals surface area (Å²) in [6.07, 6.45) is 42.0. The summed E-state index contributed by atoms with van der Waals surface area (Å²) in [5.74, 6) is -0.603. The fourth-order valence-corrected chi connectivity index (χ4v) is 11.5. The lowest BCUT2D eigenvalue weighted by Crippen LogP contribution is -2.30. The second-order valence-corrected chi connectivity index (χ2v) is 27.7. The quantitative estimate of drug-likeness (QED) is 0.0222. The van der Waals surface area contributed by atoms with Gasteiger partial charge in [-0.15, -0.1) is 0 Å². The molecule has 0 aliphatic carbocycles. The highest BCUT2D eigenvalue weighted by atomic mass is 31.2. The molecular weight excluding hydrogens is 1130 g/mol. The number of rotatable bonds is 65. The van der Waals surface area contributed by atoms with Crippen LogP contribution >= 0.6 is 15.6 Å². The summed E-state index contributed by atoms with van der Waals surface area (Å²) in [5, 5.41) is 10.5. The molecule has 504 valence electrons. The van der Waals surface area contributed by atoms with Gasteiger partial charge in [0.15, 0.2) is 12.2 Å². The summed E-state index contributed by atoms with van der Waals surface area (Å²) in [6, 6.07) is 0. The first-order chi connectivity index (χ1) is 40.9. The van der Waals surface area contributed by atoms with E-state index in [-0.39, 0.29) is 25.7 Å². The van der Waals surface area contributed by atoms with Crippen molar-refractivity contribution in [3.05, 3.63) is 0 Å². The van der Waals surface area contributed by atoms with Crippen molar-refractivity contribution in [2.24, 2.45) is 11.8 Å². The molecule has 0 aromatic rings. The van der Waals surface area contributed by atoms with E-state index in [4.69, 9.17) is 37.0 Å². The predicted octanol–water partition coefficient (Wildman–Crippen LogP) is 18.4. The Labute approximate surface area is 517 Å². The van der Waals surface area contributed by atoms with Crippen LogP contribution < -0.4 is 0 Å². The molecule has 0 heterocycles. The number of aliphatic hydroxyl groups is 1. The van der Waals surface area contributed by atoms with E-state index < -0.39 is 97.5 Å². The number of phosphoric ester groups is 2. The van der Waals surface area contributed by atoms with Crippen LogP contribution in [0.5, 0.6) is 0 Å². The molecule has 0 radical (unpaired) electrons. The zero-order valence-corrected chi connectivity index (χ0v) is 56.7. The Morgan fingerprint density at radius 1 is 0.318 bits per heavy atom. The summed E-state index contributed by atoms with van der Waals surface area (Å²) in [4.78, 5) is 72.1. The maximum Gasteiger partial charge on any atom is 0.472 e. The van der Waals surface area contributed by atoms with Gasteiger partial charge in [-0.1, -0.05) is 279 Å². The van der Waals surface area contributed by atoms with Crippen molar-refractivity contribution in [1.29, 1.82) is 0 Å². The van der Waals surface area contributed by atoms with Crippen LogP contribution in [0.4, 0.5) is 0 Å². The second kappa shape index (κ2) is 58.4. The lowest BCUT2D eigenvalue weighted by molar-refractivity contribution is -0.161. The number of hydrogen-bond donors (Lipinski definition) is 3. The van der Waals surface area contributed by atoms with Crippen LogP contribution in [0.1, 0.15) is 330 Å². The van der Waals surface area contributed by atoms with E-state index in [1.807, 2.05) is 0 Å². The molecule has 17 nitrogen and oxygen atoms in total. The number of esters is 4. The average Bonchev–Trinajstić information content (AvgIpc) is 3.48. The molecule has 0 spiro atoms. The lowest BCUT2D eigenvalue weighted by Gasteiger charge is -2.21. The first-order valence-corrected chi connectivity index (χ1v) is 37.5. The number of unbranched alkanes of at least 4 members (excludes halogenated alkanes) is 35. The molecule has 0 bridgehead atoms. The summed E-state index contributed by atoms with van der Waals surface area (Å²) in [7, 11) is -9.88. The topological polar surface area (TPSA) is 237 Å². The van der Waals surface area contributed by atoms with Gasteiger partial charge in [-0.2, -0.15) is 0 Å². The van der Waals surface area contributed by atoms with Gasteiger partial charge in [0.25, 0.3) is 0 Å². The number of carbonyl (C=O) groups excluding carboxylic acids is 4. The Morgan fingerprint density at radius 3 is 0.800 bits per heavy atom. The molecule has 0 saturated heterocycles. The first-order valence-electron chi connectivity index (χ1n) is 34.5. The zero-order valence-electron chi connectivity index (χ0n) is 54.9. The SMILES string of the molecule is CCCCCCCCCCC(=O)O[C@H](COC(=O)CCCCCCCCC)COP(=O)(O)OC[C@H](O)COP(=O)(O)OC[C@@H](COC(=O)CCCCCCCCCCC(C)C)OC(=O)CCCCCCCCCCCCCCCCCCC(C)C. The molecule has 3 N–H and O–H groups in total. The Balaban J connectivity index is 5.14. The lowest BCUT2D eigenvalue weighted by atomic mass is 10.0. The Kier molecular flexibility index (Phi) is 57.1. The van der Waals surface area contributed by atoms with Gasteiger partial charge in [-0.25, -0.2) is 9.13 Å². The highest BCUT2D eigenvalue weighted by Gasteiger charge is 2.30. The Hall–Kier alpha value is -1.94. The van der Waals surface area contributed by atoms with E-state index in [1.165, 1.54) is 128 Å². The van der Waals surface area contributed by atoms with Gasteiger partial charge >= 0.3 is 39.5 Å². The van der Waals surface area contributed by atoms with E-state index in [9.17, 15) is 43.2 Å². The van der Waals surface area contributed by atoms with Crippen LogP contribution in [0.2, 0.25) is 0 Å². The largest absolute Gasteiger partial charge is 0.472 e. The van der Waals surface area contributed by atoms with Crippen molar-refractivity contribution in [3.63, 3.8) is 0 Å². The van der Waals surface area contributed by atoms with Gasteiger partial charge in [0.05, 0.1) is 26.4 Å². The minimum Gasteiger partial charge on any atom is -0.462 e. The molecule has 0 saturated carbocycles. The van der Waals surface area contributed by atoms with E-state index >= 15 is 0 Å². The average molecular weight is 1260 g/mol. The molecule has 0 rings (SSSR count). The maximum atomic E-state index is 13.0. The third-order valence-electron chi connectivity index (χ3n) is 15.2. The van der Waals surface area contributed by atoms with E-state index in [0.717, 1.165) is 121 Å². The monoisotopic (exact) mass is 1250 g/mol. The van der Waals surface area contributed by atoms with Gasteiger partial charge < -0.3 is 33.8 Å². The van der Waals surface area contributed by atoms with Gasteiger partial charge in [0.2, 0.25) is 0 Å². The smallest absolute Gasteiger partial charge is 0.462 e. The van der Waals surface area contributed by atoms with Gasteiger partial charge in [0.1, 0.15) is 19.3 Å². The molecule has 5 atom stereocenters. The predicted molar refractivity (Wildman–Crippen MR) is 340 cm³/mol. The molecule has 19 heteroatoms. The van der Waals surface area contributed by atoms with Crippen LogP contribution in [0, 0.1) is 11.8 Å². The molecule has 0 aliphatic heterocycles. The standard InChI is InChI=1S/C66H128O17P2/c1-7-9-11-13-15-31-38-44-50-65(70)82-61(54-76-63(68)48-42-36-28-14-12-10-8-2)56-80-84(72,73)78-52-60(67)53-79-85(74,75)81-57-62(55-77-64(69)49-43-37-32-27-26-30-35-41-47-59(5)6)83-66(71)51-45-39-33-25-23-21-19-17-16-18-20-22-24-29-34-40-46-58(3)4/h58-62,67H,7-57H2,1-6H3,(H,72,73)(H,74,75)/t60-,61+,62+/m0/s1. The van der Waals surface area contributed by atoms with Crippen LogP contribution in [-0.2, 0) is 65.4 Å². The molecule has 0 amide bonds. The summed E-state index contributed by atoms with van der Waals surface area (Å²) >= 11 is 0. The fourth-order valence-electron chi connectivity index (χ4n) is 9.88. The van der Waals surface area contributed by atoms with Crippen LogP contribution in [0.15, 0.2) is 0 Å². The zero-order chi connectivity index (χ0) is 62.9. The minimum absolute atomic E-state index is 0.104. The third-order valence-corrected chi connectivity index (χ3v) is 17.1. The number of carbonyl (C=O) groups is 4. The van der Waals surface area contributed by atoms with Gasteiger partial charge in [-0.05, 0) is 37.5 Å². The van der Waals surface area contributed by atoms with Crippen molar-refractivity contribution in [1.82, 2.24) is 0 Å². The molecule has 2 unspecified atom stereocenters. The second-order valence-electron chi connectivity index (χ2n) is 24.8. The van der Waals surface area contributed by atoms with Crippen molar-refractivity contribution >= 4 is 39.5 Å². The Bertz CT molecular complexity index is 1670. The fraction of sp³-hybridized carbons (Fsp3) is 0.939. The third kappa shape index (κ3) is 60.7. The van der Waals surface area contributed by atoms with Crippen molar-refractivity contribution < 1.29 is 80.2 Å². The van der Waals surface area contributed by atoms with Crippen LogP contribution in [0.3, 0.4) is 0 Å². The molecule has 0 aromatic carbocycles. The number of aliphatic hydroxyl groups excluding tert-OH is 1. The van der Waals surface area contributed by atoms with E-state index in [2.05, 4.69) is 41.5 Å². The Morgan fingerprint density at radius 2 is 0.541 bits per heavy atom. The molecule has 85 heavy (non-hydrogen) atoms.